The number of sulfonamides is 1. The molecule has 9 heteroatoms. The second-order valence-electron chi connectivity index (χ2n) is 5.66. The normalized spacial score (nSPS) is 18.5. The topological polar surface area (TPSA) is 95.6 Å². The van der Waals surface area contributed by atoms with Crippen molar-refractivity contribution in [3.63, 3.8) is 0 Å². The number of nitrogens with zero attached hydrogens (tertiary/aromatic N) is 1. The first-order valence-corrected chi connectivity index (χ1v) is 9.77. The average molecular weight is 386 g/mol. The first kappa shape index (κ1) is 19.4. The van der Waals surface area contributed by atoms with Crippen molar-refractivity contribution in [3.05, 3.63) is 47.5 Å². The maximum atomic E-state index is 12.7. The van der Waals surface area contributed by atoms with E-state index in [1.807, 2.05) is 6.07 Å². The summed E-state index contributed by atoms with van der Waals surface area (Å²) in [6.45, 7) is 4.10. The van der Waals surface area contributed by atoms with Gasteiger partial charge in [-0.15, -0.1) is 0 Å². The molecule has 1 saturated heterocycles. The number of carbonyl (C=O) groups excluding carboxylic acids is 2. The molecular weight excluding hydrogens is 366 g/mol. The van der Waals surface area contributed by atoms with Crippen LogP contribution in [0.3, 0.4) is 0 Å². The lowest BCUT2D eigenvalue weighted by molar-refractivity contribution is -0.133. The van der Waals surface area contributed by atoms with Crippen molar-refractivity contribution >= 4 is 33.4 Å². The zero-order valence-corrected chi connectivity index (χ0v) is 15.1. The molecule has 0 bridgehead atoms. The Kier molecular flexibility index (Phi) is 6.57. The van der Waals surface area contributed by atoms with E-state index in [1.165, 1.54) is 4.90 Å². The Labute approximate surface area is 152 Å². The third kappa shape index (κ3) is 5.84. The van der Waals surface area contributed by atoms with Crippen LogP contribution in [0, 0.1) is 0 Å². The summed E-state index contributed by atoms with van der Waals surface area (Å²) in [7, 11) is -3.39. The summed E-state index contributed by atoms with van der Waals surface area (Å²) < 4.78 is 25.5. The van der Waals surface area contributed by atoms with Crippen LogP contribution in [-0.4, -0.2) is 50.0 Å². The zero-order chi connectivity index (χ0) is 18.4. The van der Waals surface area contributed by atoms with Gasteiger partial charge >= 0.3 is 0 Å². The number of hydrogen-bond acceptors (Lipinski definition) is 4. The molecule has 7 nitrogen and oxygen atoms in total. The average Bonchev–Trinajstić information content (AvgIpc) is 2.93. The first-order valence-electron chi connectivity index (χ1n) is 7.74. The van der Waals surface area contributed by atoms with Gasteiger partial charge in [-0.1, -0.05) is 30.3 Å². The largest absolute Gasteiger partial charge is 0.351 e. The van der Waals surface area contributed by atoms with Crippen molar-refractivity contribution in [1.29, 1.82) is 0 Å². The van der Waals surface area contributed by atoms with Crippen molar-refractivity contribution in [2.45, 2.75) is 19.0 Å². The van der Waals surface area contributed by atoms with Gasteiger partial charge in [0.2, 0.25) is 21.8 Å². The van der Waals surface area contributed by atoms with Crippen LogP contribution in [-0.2, 0) is 26.2 Å². The first-order chi connectivity index (χ1) is 11.8. The Morgan fingerprint density at radius 1 is 1.44 bits per heavy atom. The van der Waals surface area contributed by atoms with Gasteiger partial charge in [0.15, 0.2) is 0 Å². The van der Waals surface area contributed by atoms with Gasteiger partial charge in [-0.05, 0) is 30.2 Å². The van der Waals surface area contributed by atoms with Crippen LogP contribution in [0.15, 0.2) is 36.9 Å². The van der Waals surface area contributed by atoms with Crippen LogP contribution in [0.4, 0.5) is 0 Å². The molecule has 2 rings (SSSR count). The summed E-state index contributed by atoms with van der Waals surface area (Å²) in [5, 5.41) is 3.15. The lowest BCUT2D eigenvalue weighted by Gasteiger charge is -2.25. The van der Waals surface area contributed by atoms with Crippen LogP contribution < -0.4 is 10.0 Å². The molecule has 0 aliphatic carbocycles. The molecule has 2 N–H and O–H groups in total. The number of amides is 2. The fraction of sp³-hybridized carbons (Fsp3) is 0.375. The van der Waals surface area contributed by atoms with Crippen molar-refractivity contribution in [3.8, 4) is 0 Å². The van der Waals surface area contributed by atoms with Crippen LogP contribution >= 0.6 is 11.6 Å². The maximum absolute atomic E-state index is 12.7. The molecule has 136 valence electrons. The van der Waals surface area contributed by atoms with Crippen molar-refractivity contribution < 1.29 is 18.0 Å². The van der Waals surface area contributed by atoms with Crippen LogP contribution in [0.25, 0.3) is 0 Å². The van der Waals surface area contributed by atoms with Crippen LogP contribution in [0.5, 0.6) is 0 Å². The molecule has 0 aromatic heterocycles. The van der Waals surface area contributed by atoms with Gasteiger partial charge in [0.05, 0.1) is 5.75 Å². The number of benzene rings is 1. The number of nitrogens with one attached hydrogen (secondary N) is 2. The fourth-order valence-corrected chi connectivity index (χ4v) is 4.04. The van der Waals surface area contributed by atoms with E-state index in [9.17, 15) is 18.0 Å². The molecule has 1 unspecified atom stereocenters. The summed E-state index contributed by atoms with van der Waals surface area (Å²) in [5.74, 6) is -0.729. The molecule has 25 heavy (non-hydrogen) atoms. The lowest BCUT2D eigenvalue weighted by Crippen LogP contribution is -2.46. The quantitative estimate of drug-likeness (QED) is 0.674. The van der Waals surface area contributed by atoms with Crippen molar-refractivity contribution in [2.75, 3.05) is 18.8 Å². The SMILES string of the molecule is C=CC(=O)NCCN(Cc1cccc(Cl)c1)C(=O)C1CCS(=O)(=O)N1. The molecule has 1 aliphatic heterocycles. The second kappa shape index (κ2) is 8.46. The predicted octanol–water partition coefficient (Wildman–Crippen LogP) is 0.662. The van der Waals surface area contributed by atoms with E-state index in [2.05, 4.69) is 16.6 Å². The van der Waals surface area contributed by atoms with E-state index in [-0.39, 0.29) is 43.6 Å². The zero-order valence-electron chi connectivity index (χ0n) is 13.6. The third-order valence-electron chi connectivity index (χ3n) is 3.74. The van der Waals surface area contributed by atoms with Crippen molar-refractivity contribution in [1.82, 2.24) is 14.9 Å². The second-order valence-corrected chi connectivity index (χ2v) is 7.97. The summed E-state index contributed by atoms with van der Waals surface area (Å²) >= 11 is 5.97. The Bertz CT molecular complexity index is 766. The minimum absolute atomic E-state index is 0.0678. The summed E-state index contributed by atoms with van der Waals surface area (Å²) in [5.41, 5.74) is 0.816. The van der Waals surface area contributed by atoms with Gasteiger partial charge in [-0.3, -0.25) is 9.59 Å². The minimum Gasteiger partial charge on any atom is -0.351 e. The number of halogens is 1. The Hall–Kier alpha value is -1.90. The third-order valence-corrected chi connectivity index (χ3v) is 5.39. The summed E-state index contributed by atoms with van der Waals surface area (Å²) in [6, 6.07) is 6.29. The molecular formula is C16H20ClN3O4S. The minimum atomic E-state index is -3.39. The Balaban J connectivity index is 2.09. The highest BCUT2D eigenvalue weighted by Gasteiger charge is 2.34. The van der Waals surface area contributed by atoms with Gasteiger partial charge in [0, 0.05) is 24.7 Å². The molecule has 1 heterocycles. The van der Waals surface area contributed by atoms with Gasteiger partial charge in [-0.25, -0.2) is 13.1 Å². The van der Waals surface area contributed by atoms with Crippen LogP contribution in [0.1, 0.15) is 12.0 Å². The maximum Gasteiger partial charge on any atom is 0.243 e. The highest BCUT2D eigenvalue weighted by atomic mass is 35.5. The Morgan fingerprint density at radius 2 is 2.20 bits per heavy atom. The smallest absolute Gasteiger partial charge is 0.243 e. The molecule has 2 amide bonds. The lowest BCUT2D eigenvalue weighted by atomic mass is 10.1. The summed E-state index contributed by atoms with van der Waals surface area (Å²) in [6.07, 6.45) is 1.38. The van der Waals surface area contributed by atoms with E-state index in [0.29, 0.717) is 5.02 Å². The van der Waals surface area contributed by atoms with Gasteiger partial charge in [-0.2, -0.15) is 0 Å². The number of rotatable bonds is 7. The molecule has 1 aromatic rings. The fourth-order valence-electron chi connectivity index (χ4n) is 2.51. The molecule has 0 spiro atoms. The van der Waals surface area contributed by atoms with Gasteiger partial charge < -0.3 is 10.2 Å². The summed E-state index contributed by atoms with van der Waals surface area (Å²) in [4.78, 5) is 25.5. The molecule has 0 saturated carbocycles. The van der Waals surface area contributed by atoms with Crippen molar-refractivity contribution in [2.24, 2.45) is 0 Å². The van der Waals surface area contributed by atoms with E-state index in [0.717, 1.165) is 11.6 Å². The molecule has 1 atom stereocenters. The van der Waals surface area contributed by atoms with Gasteiger partial charge in [0.25, 0.3) is 0 Å². The molecule has 1 aromatic carbocycles. The van der Waals surface area contributed by atoms with E-state index in [1.54, 1.807) is 18.2 Å². The van der Waals surface area contributed by atoms with E-state index >= 15 is 0 Å². The highest BCUT2D eigenvalue weighted by Crippen LogP contribution is 2.16. The van der Waals surface area contributed by atoms with Crippen LogP contribution in [0.2, 0.25) is 5.02 Å². The van der Waals surface area contributed by atoms with E-state index in [4.69, 9.17) is 11.6 Å². The highest BCUT2D eigenvalue weighted by molar-refractivity contribution is 7.89. The number of hydrogen-bond donors (Lipinski definition) is 2. The standard InChI is InChI=1S/C16H20ClN3O4S/c1-2-15(21)18-7-8-20(11-12-4-3-5-13(17)10-12)16(22)14-6-9-25(23,24)19-14/h2-5,10,14,19H,1,6-9,11H2,(H,18,21). The number of carbonyl (C=O) groups is 2. The predicted molar refractivity (Wildman–Crippen MR) is 95.4 cm³/mol. The monoisotopic (exact) mass is 385 g/mol. The van der Waals surface area contributed by atoms with E-state index < -0.39 is 16.1 Å². The molecule has 1 fully saturated rings. The molecule has 0 radical (unpaired) electrons. The molecule has 1 aliphatic rings. The van der Waals surface area contributed by atoms with Gasteiger partial charge in [0.1, 0.15) is 6.04 Å². The Morgan fingerprint density at radius 3 is 2.80 bits per heavy atom.